The van der Waals surface area contributed by atoms with E-state index >= 15 is 0 Å². The van der Waals surface area contributed by atoms with Gasteiger partial charge in [-0.1, -0.05) is 58.2 Å². The van der Waals surface area contributed by atoms with Crippen LogP contribution in [0.5, 0.6) is 0 Å². The monoisotopic (exact) mass is 404 g/mol. The van der Waals surface area contributed by atoms with E-state index in [-0.39, 0.29) is 18.0 Å². The normalized spacial score (nSPS) is 24.8. The second kappa shape index (κ2) is 12.0. The number of ether oxygens (including phenoxy) is 1. The van der Waals surface area contributed by atoms with Crippen LogP contribution in [0.1, 0.15) is 93.5 Å². The summed E-state index contributed by atoms with van der Waals surface area (Å²) in [6, 6.07) is 7.72. The summed E-state index contributed by atoms with van der Waals surface area (Å²) < 4.78 is 29.1. The molecule has 0 heterocycles. The molecule has 162 valence electrons. The molecule has 1 aromatic carbocycles. The molecule has 0 saturated heterocycles. The van der Waals surface area contributed by atoms with E-state index in [4.69, 9.17) is 8.85 Å². The van der Waals surface area contributed by atoms with Crippen LogP contribution in [0.15, 0.2) is 30.3 Å². The second-order valence-corrected chi connectivity index (χ2v) is 8.85. The van der Waals surface area contributed by atoms with Crippen LogP contribution < -0.4 is 5.32 Å². The summed E-state index contributed by atoms with van der Waals surface area (Å²) in [7, 11) is 0. The first-order chi connectivity index (χ1) is 15.1. The highest BCUT2D eigenvalue weighted by atomic mass is 16.5. The van der Waals surface area contributed by atoms with Crippen molar-refractivity contribution in [2.45, 2.75) is 91.1 Å². The van der Waals surface area contributed by atoms with Crippen molar-refractivity contribution in [2.24, 2.45) is 17.8 Å². The van der Waals surface area contributed by atoms with Crippen molar-refractivity contribution in [3.05, 3.63) is 35.9 Å². The molecule has 1 amide bonds. The number of benzene rings is 1. The molecular weight excluding hydrogens is 362 g/mol. The SMILES string of the molecule is [2H]C([2H])([2H])[C@@H](CCCCCC(=O)O[C@@H]1C[C@H](C)CC[C@H]1C(C)C)NC(=O)c1ccccc1. The van der Waals surface area contributed by atoms with Gasteiger partial charge in [-0.3, -0.25) is 9.59 Å². The highest BCUT2D eigenvalue weighted by molar-refractivity contribution is 5.94. The van der Waals surface area contributed by atoms with Crippen LogP contribution in [0.2, 0.25) is 0 Å². The Morgan fingerprint density at radius 3 is 2.62 bits per heavy atom. The van der Waals surface area contributed by atoms with Gasteiger partial charge < -0.3 is 10.1 Å². The van der Waals surface area contributed by atoms with Crippen LogP contribution in [0, 0.1) is 17.8 Å². The Morgan fingerprint density at radius 2 is 1.93 bits per heavy atom. The summed E-state index contributed by atoms with van der Waals surface area (Å²) in [5.41, 5.74) is 0.446. The van der Waals surface area contributed by atoms with Gasteiger partial charge in [-0.15, -0.1) is 0 Å². The number of hydrogen-bond donors (Lipinski definition) is 1. The number of hydrogen-bond acceptors (Lipinski definition) is 3. The fourth-order valence-electron chi connectivity index (χ4n) is 4.18. The molecule has 1 aliphatic carbocycles. The van der Waals surface area contributed by atoms with Crippen molar-refractivity contribution in [2.75, 3.05) is 0 Å². The largest absolute Gasteiger partial charge is 0.462 e. The molecule has 4 nitrogen and oxygen atoms in total. The smallest absolute Gasteiger partial charge is 0.306 e. The average molecular weight is 405 g/mol. The van der Waals surface area contributed by atoms with Crippen molar-refractivity contribution >= 4 is 11.9 Å². The molecule has 1 fully saturated rings. The predicted octanol–water partition coefficient (Wildman–Crippen LogP) is 5.76. The lowest BCUT2D eigenvalue weighted by Crippen LogP contribution is -2.35. The fraction of sp³-hybridized carbons (Fsp3) is 0.680. The molecule has 0 unspecified atom stereocenters. The molecule has 0 radical (unpaired) electrons. The predicted molar refractivity (Wildman–Crippen MR) is 118 cm³/mol. The van der Waals surface area contributed by atoms with E-state index in [0.717, 1.165) is 19.3 Å². The molecule has 4 atom stereocenters. The average Bonchev–Trinajstić information content (AvgIpc) is 2.72. The first kappa shape index (κ1) is 19.1. The summed E-state index contributed by atoms with van der Waals surface area (Å²) in [4.78, 5) is 24.7. The Kier molecular flexibility index (Phi) is 7.92. The number of carbonyl (C=O) groups excluding carboxylic acids is 2. The van der Waals surface area contributed by atoms with E-state index in [9.17, 15) is 9.59 Å². The highest BCUT2D eigenvalue weighted by Crippen LogP contribution is 2.35. The topological polar surface area (TPSA) is 55.4 Å². The molecule has 4 heteroatoms. The number of esters is 1. The number of amides is 1. The van der Waals surface area contributed by atoms with Crippen LogP contribution in [-0.2, 0) is 9.53 Å². The molecular formula is C25H39NO3. The molecule has 0 bridgehead atoms. The van der Waals surface area contributed by atoms with Gasteiger partial charge in [0.05, 0.1) is 0 Å². The van der Waals surface area contributed by atoms with E-state index in [1.165, 1.54) is 6.42 Å². The second-order valence-electron chi connectivity index (χ2n) is 8.85. The third-order valence-corrected chi connectivity index (χ3v) is 5.96. The molecule has 1 N–H and O–H groups in total. The maximum atomic E-state index is 12.4. The Balaban J connectivity index is 1.74. The summed E-state index contributed by atoms with van der Waals surface area (Å²) in [6.07, 6.45) is 5.97. The van der Waals surface area contributed by atoms with E-state index in [1.807, 2.05) is 0 Å². The first-order valence-electron chi connectivity index (χ1n) is 12.6. The molecule has 2 rings (SSSR count). The maximum absolute atomic E-state index is 12.4. The van der Waals surface area contributed by atoms with Gasteiger partial charge in [0, 0.05) is 22.1 Å². The Morgan fingerprint density at radius 1 is 1.17 bits per heavy atom. The molecule has 1 saturated carbocycles. The third kappa shape index (κ3) is 8.20. The molecule has 1 aromatic rings. The van der Waals surface area contributed by atoms with Crippen molar-refractivity contribution in [1.29, 1.82) is 0 Å². The fourth-order valence-corrected chi connectivity index (χ4v) is 4.18. The molecule has 29 heavy (non-hydrogen) atoms. The molecule has 0 spiro atoms. The minimum absolute atomic E-state index is 0.0133. The van der Waals surface area contributed by atoms with Crippen LogP contribution >= 0.6 is 0 Å². The Labute approximate surface area is 181 Å². The molecule has 0 aliphatic heterocycles. The van der Waals surface area contributed by atoms with Gasteiger partial charge in [-0.2, -0.15) is 0 Å². The zero-order valence-electron chi connectivity index (χ0n) is 21.2. The van der Waals surface area contributed by atoms with Crippen LogP contribution in [0.25, 0.3) is 0 Å². The summed E-state index contributed by atoms with van der Waals surface area (Å²) >= 11 is 0. The number of carbonyl (C=O) groups is 2. The van der Waals surface area contributed by atoms with Gasteiger partial charge in [-0.05, 0) is 62.4 Å². The van der Waals surface area contributed by atoms with Crippen molar-refractivity contribution in [3.63, 3.8) is 0 Å². The van der Waals surface area contributed by atoms with E-state index in [1.54, 1.807) is 30.3 Å². The summed E-state index contributed by atoms with van der Waals surface area (Å²) in [5.74, 6) is 0.994. The van der Waals surface area contributed by atoms with Crippen molar-refractivity contribution < 1.29 is 18.4 Å². The van der Waals surface area contributed by atoms with Gasteiger partial charge in [0.2, 0.25) is 0 Å². The minimum atomic E-state index is -2.27. The van der Waals surface area contributed by atoms with Gasteiger partial charge in [0.1, 0.15) is 6.10 Å². The maximum Gasteiger partial charge on any atom is 0.306 e. The standard InChI is InChI=1S/C25H39NO3/c1-18(2)22-16-15-19(3)17-23(22)29-24(27)14-10-5-7-11-20(4)26-25(28)21-12-8-6-9-13-21/h6,8-9,12-13,18-20,22-23H,5,7,10-11,14-17H2,1-4H3,(H,26,28)/t19-,20+,22+,23-/m1/s1/i4D3. The quantitative estimate of drug-likeness (QED) is 0.398. The van der Waals surface area contributed by atoms with E-state index < -0.39 is 12.9 Å². The molecule has 0 aromatic heterocycles. The summed E-state index contributed by atoms with van der Waals surface area (Å²) in [5, 5.41) is 2.65. The number of rotatable bonds is 10. The molecule has 1 aliphatic rings. The van der Waals surface area contributed by atoms with Crippen LogP contribution in [0.4, 0.5) is 0 Å². The zero-order chi connectivity index (χ0) is 23.7. The third-order valence-electron chi connectivity index (χ3n) is 5.96. The van der Waals surface area contributed by atoms with Crippen molar-refractivity contribution in [1.82, 2.24) is 5.32 Å². The highest BCUT2D eigenvalue weighted by Gasteiger charge is 2.33. The van der Waals surface area contributed by atoms with Crippen molar-refractivity contribution in [3.8, 4) is 0 Å². The lowest BCUT2D eigenvalue weighted by Gasteiger charge is -2.36. The first-order valence-corrected chi connectivity index (χ1v) is 11.1. The van der Waals surface area contributed by atoms with Crippen LogP contribution in [-0.4, -0.2) is 24.0 Å². The van der Waals surface area contributed by atoms with Gasteiger partial charge in [-0.25, -0.2) is 0 Å². The van der Waals surface area contributed by atoms with Crippen LogP contribution in [0.3, 0.4) is 0 Å². The Bertz CT molecular complexity index is 721. The number of nitrogens with one attached hydrogen (secondary N) is 1. The Hall–Kier alpha value is -1.84. The summed E-state index contributed by atoms with van der Waals surface area (Å²) in [6.45, 7) is 4.33. The lowest BCUT2D eigenvalue weighted by atomic mass is 9.75. The lowest BCUT2D eigenvalue weighted by molar-refractivity contribution is -0.156. The minimum Gasteiger partial charge on any atom is -0.462 e. The van der Waals surface area contributed by atoms with E-state index in [2.05, 4.69) is 26.1 Å². The van der Waals surface area contributed by atoms with Gasteiger partial charge in [0.25, 0.3) is 5.91 Å². The van der Waals surface area contributed by atoms with Gasteiger partial charge >= 0.3 is 5.97 Å². The van der Waals surface area contributed by atoms with Gasteiger partial charge in [0.15, 0.2) is 0 Å². The van der Waals surface area contributed by atoms with E-state index in [0.29, 0.717) is 49.0 Å². The zero-order valence-corrected chi connectivity index (χ0v) is 18.2. The number of unbranched alkanes of at least 4 members (excludes halogenated alkanes) is 2.